The van der Waals surface area contributed by atoms with Gasteiger partial charge < -0.3 is 5.11 Å². The summed E-state index contributed by atoms with van der Waals surface area (Å²) in [6.45, 7) is 0. The number of nitrogens with zero attached hydrogens (tertiary/aromatic N) is 1. The summed E-state index contributed by atoms with van der Waals surface area (Å²) in [6.07, 6.45) is 1.66. The lowest BCUT2D eigenvalue weighted by Crippen LogP contribution is -2.10. The smallest absolute Gasteiger partial charge is 0.303 e. The monoisotopic (exact) mass is 429 g/mol. The first-order valence-electron chi connectivity index (χ1n) is 8.78. The van der Waals surface area contributed by atoms with Crippen LogP contribution in [0.3, 0.4) is 0 Å². The van der Waals surface area contributed by atoms with Crippen molar-refractivity contribution in [3.05, 3.63) is 78.2 Å². The zero-order valence-corrected chi connectivity index (χ0v) is 16.7. The Balaban J connectivity index is 1.77. The summed E-state index contributed by atoms with van der Waals surface area (Å²) in [6, 6.07) is 16.1. The van der Waals surface area contributed by atoms with Gasteiger partial charge in [0.25, 0.3) is 10.0 Å². The maximum absolute atomic E-state index is 13.3. The van der Waals surface area contributed by atoms with Crippen LogP contribution in [0, 0.1) is 5.82 Å². The summed E-state index contributed by atoms with van der Waals surface area (Å²) >= 11 is 1.10. The second-order valence-corrected chi connectivity index (χ2v) is 9.62. The molecule has 4 aromatic rings. The normalized spacial score (nSPS) is 11.8. The number of thiophene rings is 1. The van der Waals surface area contributed by atoms with E-state index in [1.54, 1.807) is 42.5 Å². The van der Waals surface area contributed by atoms with Crippen LogP contribution in [0.15, 0.2) is 71.1 Å². The van der Waals surface area contributed by atoms with Gasteiger partial charge in [-0.25, -0.2) is 8.36 Å². The summed E-state index contributed by atoms with van der Waals surface area (Å²) in [4.78, 5) is 11.7. The number of halogens is 1. The molecule has 0 spiro atoms. The molecule has 0 aliphatic heterocycles. The molecule has 0 bridgehead atoms. The Bertz CT molecular complexity index is 1300. The predicted molar refractivity (Wildman–Crippen MR) is 110 cm³/mol. The Kier molecular flexibility index (Phi) is 4.97. The Morgan fingerprint density at radius 1 is 1.03 bits per heavy atom. The molecule has 0 fully saturated rings. The van der Waals surface area contributed by atoms with Crippen molar-refractivity contribution < 1.29 is 22.7 Å². The largest absolute Gasteiger partial charge is 0.481 e. The number of para-hydroxylation sites is 1. The second-order valence-electron chi connectivity index (χ2n) is 6.49. The van der Waals surface area contributed by atoms with E-state index >= 15 is 0 Å². The van der Waals surface area contributed by atoms with Crippen molar-refractivity contribution >= 4 is 38.2 Å². The number of carbonyl (C=O) groups is 1. The van der Waals surface area contributed by atoms with Crippen LogP contribution in [-0.4, -0.2) is 23.5 Å². The third-order valence-corrected chi connectivity index (χ3v) is 7.87. The third kappa shape index (κ3) is 3.68. The van der Waals surface area contributed by atoms with Crippen molar-refractivity contribution in [3.63, 3.8) is 0 Å². The molecular weight excluding hydrogens is 413 g/mol. The van der Waals surface area contributed by atoms with E-state index in [2.05, 4.69) is 0 Å². The van der Waals surface area contributed by atoms with Crippen LogP contribution in [0.2, 0.25) is 0 Å². The van der Waals surface area contributed by atoms with Crippen LogP contribution >= 0.6 is 11.3 Å². The van der Waals surface area contributed by atoms with Gasteiger partial charge in [0.1, 0.15) is 10.0 Å². The highest BCUT2D eigenvalue weighted by atomic mass is 32.2. The molecule has 5 nitrogen and oxygen atoms in total. The van der Waals surface area contributed by atoms with Crippen LogP contribution in [0.4, 0.5) is 4.39 Å². The molecule has 0 amide bonds. The van der Waals surface area contributed by atoms with Gasteiger partial charge in [0.15, 0.2) is 0 Å². The number of aromatic nitrogens is 1. The van der Waals surface area contributed by atoms with E-state index in [1.165, 1.54) is 28.4 Å². The summed E-state index contributed by atoms with van der Waals surface area (Å²) in [5.41, 5.74) is 1.91. The molecule has 4 rings (SSSR count). The first-order valence-corrected chi connectivity index (χ1v) is 11.0. The molecule has 8 heteroatoms. The quantitative estimate of drug-likeness (QED) is 0.479. The van der Waals surface area contributed by atoms with Crippen LogP contribution in [0.5, 0.6) is 0 Å². The summed E-state index contributed by atoms with van der Waals surface area (Å²) in [5, 5.41) is 9.69. The average Bonchev–Trinajstić information content (AvgIpc) is 3.33. The molecule has 1 N–H and O–H groups in total. The van der Waals surface area contributed by atoms with Gasteiger partial charge in [-0.15, -0.1) is 11.3 Å². The van der Waals surface area contributed by atoms with Gasteiger partial charge in [0.2, 0.25) is 0 Å². The number of aliphatic carboxylic acids is 1. The van der Waals surface area contributed by atoms with Gasteiger partial charge in [0.05, 0.1) is 5.52 Å². The van der Waals surface area contributed by atoms with Crippen molar-refractivity contribution in [2.45, 2.75) is 17.1 Å². The average molecular weight is 429 g/mol. The fourth-order valence-corrected chi connectivity index (χ4v) is 5.98. The van der Waals surface area contributed by atoms with Gasteiger partial charge in [0, 0.05) is 22.9 Å². The van der Waals surface area contributed by atoms with E-state index in [9.17, 15) is 17.6 Å². The van der Waals surface area contributed by atoms with E-state index in [1.807, 2.05) is 0 Å². The Hall–Kier alpha value is -2.97. The van der Waals surface area contributed by atoms with E-state index in [-0.39, 0.29) is 22.9 Å². The first-order chi connectivity index (χ1) is 13.9. The van der Waals surface area contributed by atoms with Crippen molar-refractivity contribution in [2.24, 2.45) is 0 Å². The molecule has 0 saturated carbocycles. The van der Waals surface area contributed by atoms with E-state index in [0.29, 0.717) is 21.3 Å². The van der Waals surface area contributed by atoms with Gasteiger partial charge in [-0.05, 0) is 47.9 Å². The highest BCUT2D eigenvalue weighted by molar-refractivity contribution is 7.92. The van der Waals surface area contributed by atoms with Gasteiger partial charge in [-0.3, -0.25) is 4.79 Å². The fourth-order valence-electron chi connectivity index (χ4n) is 3.18. The molecule has 0 aliphatic carbocycles. The summed E-state index contributed by atoms with van der Waals surface area (Å²) in [5.74, 6) is -1.29. The van der Waals surface area contributed by atoms with Crippen molar-refractivity contribution in [3.8, 4) is 10.4 Å². The number of carboxylic acids is 1. The Labute approximate surface area is 170 Å². The van der Waals surface area contributed by atoms with Gasteiger partial charge in [-0.2, -0.15) is 8.42 Å². The lowest BCUT2D eigenvalue weighted by molar-refractivity contribution is -0.136. The molecule has 148 valence electrons. The lowest BCUT2D eigenvalue weighted by atomic mass is 10.1. The van der Waals surface area contributed by atoms with Crippen molar-refractivity contribution in [1.82, 2.24) is 3.97 Å². The molecule has 2 aromatic carbocycles. The van der Waals surface area contributed by atoms with Crippen LogP contribution < -0.4 is 0 Å². The number of benzene rings is 2. The summed E-state index contributed by atoms with van der Waals surface area (Å²) in [7, 11) is -3.86. The number of hydrogen-bond acceptors (Lipinski definition) is 4. The van der Waals surface area contributed by atoms with Crippen molar-refractivity contribution in [2.75, 3.05) is 0 Å². The molecule has 0 aliphatic rings. The molecule has 0 unspecified atom stereocenters. The van der Waals surface area contributed by atoms with E-state index in [0.717, 1.165) is 16.9 Å². The first kappa shape index (κ1) is 19.4. The topological polar surface area (TPSA) is 76.4 Å². The Morgan fingerprint density at radius 3 is 2.48 bits per heavy atom. The fraction of sp³-hybridized carbons (Fsp3) is 0.0952. The number of hydrogen-bond donors (Lipinski definition) is 1. The molecule has 0 radical (unpaired) electrons. The predicted octanol–water partition coefficient (Wildman–Crippen LogP) is 4.76. The van der Waals surface area contributed by atoms with Crippen LogP contribution in [0.25, 0.3) is 21.3 Å². The van der Waals surface area contributed by atoms with Gasteiger partial charge in [-0.1, -0.05) is 30.3 Å². The minimum atomic E-state index is -3.86. The maximum atomic E-state index is 13.3. The maximum Gasteiger partial charge on any atom is 0.303 e. The van der Waals surface area contributed by atoms with E-state index < -0.39 is 16.0 Å². The van der Waals surface area contributed by atoms with Crippen LogP contribution in [-0.2, 0) is 21.2 Å². The molecule has 29 heavy (non-hydrogen) atoms. The SMILES string of the molecule is O=C(O)CCc1cn(S(=O)(=O)c2ccc(-c3ccc(F)cc3)s2)c2ccccc12. The molecule has 0 atom stereocenters. The number of carboxylic acid groups (broad SMARTS) is 1. The molecule has 0 saturated heterocycles. The minimum absolute atomic E-state index is 0.0816. The minimum Gasteiger partial charge on any atom is -0.481 e. The van der Waals surface area contributed by atoms with Crippen molar-refractivity contribution in [1.29, 1.82) is 0 Å². The standard InChI is InChI=1S/C21H16FNO4S2/c22-16-8-5-14(6-9-16)19-10-12-21(28-19)29(26,27)23-13-15(7-11-20(24)25)17-3-1-2-4-18(17)23/h1-6,8-10,12-13H,7,11H2,(H,24,25). The lowest BCUT2D eigenvalue weighted by Gasteiger charge is -2.05. The van der Waals surface area contributed by atoms with Gasteiger partial charge >= 0.3 is 5.97 Å². The zero-order chi connectivity index (χ0) is 20.6. The molecule has 2 aromatic heterocycles. The number of aryl methyl sites for hydroxylation is 1. The third-order valence-electron chi connectivity index (χ3n) is 4.59. The molecule has 2 heterocycles. The number of fused-ring (bicyclic) bond motifs is 1. The summed E-state index contributed by atoms with van der Waals surface area (Å²) < 4.78 is 41.1. The van der Waals surface area contributed by atoms with E-state index in [4.69, 9.17) is 5.11 Å². The number of rotatable bonds is 6. The highest BCUT2D eigenvalue weighted by Gasteiger charge is 2.23. The zero-order valence-electron chi connectivity index (χ0n) is 15.1. The van der Waals surface area contributed by atoms with Crippen LogP contribution in [0.1, 0.15) is 12.0 Å². The highest BCUT2D eigenvalue weighted by Crippen LogP contribution is 2.34. The Morgan fingerprint density at radius 2 is 1.76 bits per heavy atom. The molecular formula is C21H16FNO4S2. The second kappa shape index (κ2) is 7.46.